The van der Waals surface area contributed by atoms with Crippen LogP contribution >= 0.6 is 0 Å². The maximum absolute atomic E-state index is 11.9. The molecule has 0 aliphatic heterocycles. The number of hydrogen-bond donors (Lipinski definition) is 2. The maximum Gasteiger partial charge on any atom is 0.265 e. The Balaban J connectivity index is 1.98. The van der Waals surface area contributed by atoms with E-state index >= 15 is 0 Å². The summed E-state index contributed by atoms with van der Waals surface area (Å²) in [5.74, 6) is 0. The molecular weight excluding hydrogens is 204 g/mol. The van der Waals surface area contributed by atoms with E-state index in [-0.39, 0.29) is 6.54 Å². The smallest absolute Gasteiger partial charge is 0.265 e. The Labute approximate surface area is 86.9 Å². The molecule has 15 heavy (non-hydrogen) atoms. The highest BCUT2D eigenvalue weighted by Gasteiger charge is 2.15. The number of halogens is 2. The van der Waals surface area contributed by atoms with Crippen LogP contribution in [-0.4, -0.2) is 40.3 Å². The summed E-state index contributed by atoms with van der Waals surface area (Å²) >= 11 is 0. The average Bonchev–Trinajstić information content (AvgIpc) is 2.69. The molecule has 1 unspecified atom stereocenters. The number of aliphatic hydroxyl groups is 1. The summed E-state index contributed by atoms with van der Waals surface area (Å²) in [6, 6.07) is 0. The molecule has 0 fully saturated rings. The Kier molecular flexibility index (Phi) is 5.20. The molecule has 1 aromatic rings. The van der Waals surface area contributed by atoms with Gasteiger partial charge < -0.3 is 15.0 Å². The molecule has 0 bridgehead atoms. The molecule has 1 aromatic heterocycles. The van der Waals surface area contributed by atoms with Crippen LogP contribution in [0, 0.1) is 0 Å². The largest absolute Gasteiger partial charge is 0.386 e. The van der Waals surface area contributed by atoms with Crippen LogP contribution in [0.1, 0.15) is 6.42 Å². The predicted molar refractivity (Wildman–Crippen MR) is 51.7 cm³/mol. The molecule has 0 spiro atoms. The minimum Gasteiger partial charge on any atom is -0.386 e. The number of alkyl halides is 2. The summed E-state index contributed by atoms with van der Waals surface area (Å²) in [6.45, 7) is 1.32. The van der Waals surface area contributed by atoms with E-state index in [0.29, 0.717) is 6.54 Å². The van der Waals surface area contributed by atoms with Crippen LogP contribution in [0.4, 0.5) is 8.78 Å². The first kappa shape index (κ1) is 12.1. The second kappa shape index (κ2) is 6.47. The van der Waals surface area contributed by atoms with Gasteiger partial charge in [-0.2, -0.15) is 0 Å². The molecule has 1 heterocycles. The summed E-state index contributed by atoms with van der Waals surface area (Å²) in [7, 11) is 0. The van der Waals surface area contributed by atoms with Gasteiger partial charge in [-0.15, -0.1) is 0 Å². The van der Waals surface area contributed by atoms with Gasteiger partial charge in [0.15, 0.2) is 0 Å². The zero-order valence-corrected chi connectivity index (χ0v) is 8.31. The molecule has 2 N–H and O–H groups in total. The topological polar surface area (TPSA) is 50.1 Å². The van der Waals surface area contributed by atoms with Gasteiger partial charge in [0.2, 0.25) is 0 Å². The van der Waals surface area contributed by atoms with Gasteiger partial charge in [0, 0.05) is 25.5 Å². The highest BCUT2D eigenvalue weighted by atomic mass is 19.3. The Morgan fingerprint density at radius 3 is 2.87 bits per heavy atom. The molecule has 0 radical (unpaired) electrons. The molecule has 0 saturated heterocycles. The van der Waals surface area contributed by atoms with Crippen LogP contribution in [0.25, 0.3) is 0 Å². The molecule has 0 amide bonds. The van der Waals surface area contributed by atoms with Crippen molar-refractivity contribution in [3.05, 3.63) is 18.7 Å². The lowest BCUT2D eigenvalue weighted by Gasteiger charge is -2.10. The molecule has 0 saturated carbocycles. The van der Waals surface area contributed by atoms with Crippen molar-refractivity contribution in [1.29, 1.82) is 0 Å². The monoisotopic (exact) mass is 219 g/mol. The number of aryl methyl sites for hydroxylation is 1. The third kappa shape index (κ3) is 4.85. The molecule has 0 aliphatic carbocycles. The highest BCUT2D eigenvalue weighted by molar-refractivity contribution is 4.73. The van der Waals surface area contributed by atoms with Crippen molar-refractivity contribution < 1.29 is 13.9 Å². The quantitative estimate of drug-likeness (QED) is 0.656. The van der Waals surface area contributed by atoms with Crippen LogP contribution in [0.3, 0.4) is 0 Å². The minimum atomic E-state index is -2.67. The van der Waals surface area contributed by atoms with E-state index in [4.69, 9.17) is 5.11 Å². The van der Waals surface area contributed by atoms with E-state index < -0.39 is 12.5 Å². The lowest BCUT2D eigenvalue weighted by Crippen LogP contribution is -2.32. The fourth-order valence-electron chi connectivity index (χ4n) is 1.14. The summed E-state index contributed by atoms with van der Waals surface area (Å²) in [5.41, 5.74) is 0. The number of nitrogens with one attached hydrogen (secondary N) is 1. The van der Waals surface area contributed by atoms with Crippen LogP contribution in [0.2, 0.25) is 0 Å². The first-order valence-electron chi connectivity index (χ1n) is 4.83. The Morgan fingerprint density at radius 2 is 2.27 bits per heavy atom. The van der Waals surface area contributed by atoms with Crippen molar-refractivity contribution in [3.63, 3.8) is 0 Å². The van der Waals surface area contributed by atoms with Crippen molar-refractivity contribution in [1.82, 2.24) is 14.9 Å². The van der Waals surface area contributed by atoms with Crippen LogP contribution < -0.4 is 5.32 Å². The number of imidazole rings is 1. The standard InChI is InChI=1S/C9H15F2N3O/c10-9(11)8(15)6-12-2-1-4-14-5-3-13-7-14/h3,5,7-9,12,15H,1-2,4,6H2. The van der Waals surface area contributed by atoms with Gasteiger partial charge in [-0.3, -0.25) is 0 Å². The number of aromatic nitrogens is 2. The average molecular weight is 219 g/mol. The van der Waals surface area contributed by atoms with Crippen LogP contribution in [-0.2, 0) is 6.54 Å². The van der Waals surface area contributed by atoms with Gasteiger partial charge in [0.1, 0.15) is 6.10 Å². The van der Waals surface area contributed by atoms with Gasteiger partial charge in [-0.25, -0.2) is 13.8 Å². The Bertz CT molecular complexity index is 254. The number of rotatable bonds is 7. The first-order valence-corrected chi connectivity index (χ1v) is 4.83. The van der Waals surface area contributed by atoms with Crippen molar-refractivity contribution >= 4 is 0 Å². The number of nitrogens with zero attached hydrogens (tertiary/aromatic N) is 2. The van der Waals surface area contributed by atoms with E-state index in [9.17, 15) is 8.78 Å². The van der Waals surface area contributed by atoms with E-state index in [2.05, 4.69) is 10.3 Å². The van der Waals surface area contributed by atoms with E-state index in [1.165, 1.54) is 0 Å². The molecule has 1 rings (SSSR count). The minimum absolute atomic E-state index is 0.0679. The van der Waals surface area contributed by atoms with Crippen molar-refractivity contribution in [2.45, 2.75) is 25.5 Å². The molecule has 86 valence electrons. The summed E-state index contributed by atoms with van der Waals surface area (Å²) < 4.78 is 25.6. The lowest BCUT2D eigenvalue weighted by molar-refractivity contribution is -0.00318. The molecular formula is C9H15F2N3O. The fraction of sp³-hybridized carbons (Fsp3) is 0.667. The number of hydrogen-bond acceptors (Lipinski definition) is 3. The molecule has 6 heteroatoms. The molecule has 0 aliphatic rings. The summed E-state index contributed by atoms with van der Waals surface area (Å²) in [6.07, 6.45) is 1.80. The van der Waals surface area contributed by atoms with Crippen molar-refractivity contribution in [2.75, 3.05) is 13.1 Å². The highest BCUT2D eigenvalue weighted by Crippen LogP contribution is 1.98. The van der Waals surface area contributed by atoms with E-state index in [1.54, 1.807) is 12.5 Å². The van der Waals surface area contributed by atoms with Crippen molar-refractivity contribution in [2.24, 2.45) is 0 Å². The van der Waals surface area contributed by atoms with E-state index in [1.807, 2.05) is 10.8 Å². The van der Waals surface area contributed by atoms with Crippen LogP contribution in [0.15, 0.2) is 18.7 Å². The van der Waals surface area contributed by atoms with Crippen LogP contribution in [0.5, 0.6) is 0 Å². The third-order valence-electron chi connectivity index (χ3n) is 1.97. The van der Waals surface area contributed by atoms with Gasteiger partial charge >= 0.3 is 0 Å². The summed E-state index contributed by atoms with van der Waals surface area (Å²) in [4.78, 5) is 3.88. The second-order valence-corrected chi connectivity index (χ2v) is 3.26. The zero-order valence-electron chi connectivity index (χ0n) is 8.31. The molecule has 1 atom stereocenters. The molecule has 4 nitrogen and oxygen atoms in total. The van der Waals surface area contributed by atoms with E-state index in [0.717, 1.165) is 13.0 Å². The second-order valence-electron chi connectivity index (χ2n) is 3.26. The van der Waals surface area contributed by atoms with Crippen molar-refractivity contribution in [3.8, 4) is 0 Å². The normalized spacial score (nSPS) is 13.3. The van der Waals surface area contributed by atoms with Gasteiger partial charge in [-0.1, -0.05) is 0 Å². The van der Waals surface area contributed by atoms with Gasteiger partial charge in [0.25, 0.3) is 6.43 Å². The number of aliphatic hydroxyl groups excluding tert-OH is 1. The Hall–Kier alpha value is -1.01. The maximum atomic E-state index is 11.9. The fourth-order valence-corrected chi connectivity index (χ4v) is 1.14. The Morgan fingerprint density at radius 1 is 1.47 bits per heavy atom. The predicted octanol–water partition coefficient (Wildman–Crippen LogP) is 0.489. The zero-order chi connectivity index (χ0) is 11.1. The van der Waals surface area contributed by atoms with Gasteiger partial charge in [0.05, 0.1) is 6.33 Å². The third-order valence-corrected chi connectivity index (χ3v) is 1.97. The lowest BCUT2D eigenvalue weighted by atomic mass is 10.3. The van der Waals surface area contributed by atoms with Gasteiger partial charge in [-0.05, 0) is 13.0 Å². The first-order chi connectivity index (χ1) is 7.20. The summed E-state index contributed by atoms with van der Waals surface area (Å²) in [5, 5.41) is 11.5. The SMILES string of the molecule is OC(CNCCCn1ccnc1)C(F)F. The molecule has 0 aromatic carbocycles.